The second-order valence-corrected chi connectivity index (χ2v) is 6.15. The highest BCUT2D eigenvalue weighted by Crippen LogP contribution is 2.21. The Morgan fingerprint density at radius 3 is 2.42 bits per heavy atom. The maximum Gasteiger partial charge on any atom is 0.422 e. The maximum absolute atomic E-state index is 12.1. The largest absolute Gasteiger partial charge is 0.484 e. The van der Waals surface area contributed by atoms with Crippen LogP contribution >= 0.6 is 0 Å². The van der Waals surface area contributed by atoms with E-state index < -0.39 is 12.8 Å². The lowest BCUT2D eigenvalue weighted by Crippen LogP contribution is -2.43. The molecule has 4 nitrogen and oxygen atoms in total. The molecule has 2 N–H and O–H groups in total. The second-order valence-electron chi connectivity index (χ2n) is 6.15. The van der Waals surface area contributed by atoms with E-state index in [1.165, 1.54) is 18.6 Å². The van der Waals surface area contributed by atoms with Crippen LogP contribution < -0.4 is 15.4 Å². The molecule has 1 fully saturated rings. The Labute approximate surface area is 139 Å². The summed E-state index contributed by atoms with van der Waals surface area (Å²) in [5.41, 5.74) is 0.799. The molecule has 1 aliphatic carbocycles. The number of carbonyl (C=O) groups is 1. The Kier molecular flexibility index (Phi) is 6.34. The summed E-state index contributed by atoms with van der Waals surface area (Å²) in [5, 5.41) is 5.82. The normalized spacial score (nSPS) is 17.2. The number of benzene rings is 1. The van der Waals surface area contributed by atoms with E-state index in [0.717, 1.165) is 31.2 Å². The van der Waals surface area contributed by atoms with Crippen molar-refractivity contribution in [3.8, 4) is 5.75 Å². The molecule has 0 bridgehead atoms. The van der Waals surface area contributed by atoms with Crippen LogP contribution in [0.3, 0.4) is 0 Å². The van der Waals surface area contributed by atoms with Gasteiger partial charge in [0.2, 0.25) is 0 Å². The number of nitrogens with one attached hydrogen (secondary N) is 2. The van der Waals surface area contributed by atoms with Crippen molar-refractivity contribution in [2.24, 2.45) is 0 Å². The third kappa shape index (κ3) is 6.29. The van der Waals surface area contributed by atoms with Crippen LogP contribution in [0.5, 0.6) is 5.75 Å². The first-order valence-electron chi connectivity index (χ1n) is 8.20. The Morgan fingerprint density at radius 2 is 1.83 bits per heavy atom. The molecule has 1 saturated carbocycles. The molecule has 1 atom stereocenters. The summed E-state index contributed by atoms with van der Waals surface area (Å²) in [6.45, 7) is 0.510. The minimum absolute atomic E-state index is 0.148. The number of alkyl halides is 3. The summed E-state index contributed by atoms with van der Waals surface area (Å²) in [6.07, 6.45) is 1.16. The number of hydrogen-bond donors (Lipinski definition) is 2. The highest BCUT2D eigenvalue weighted by atomic mass is 19.4. The molecule has 1 unspecified atom stereocenters. The molecule has 0 saturated heterocycles. The average Bonchev–Trinajstić information content (AvgIpc) is 2.53. The quantitative estimate of drug-likeness (QED) is 0.836. The molecule has 0 spiro atoms. The van der Waals surface area contributed by atoms with Gasteiger partial charge in [0.1, 0.15) is 5.75 Å². The van der Waals surface area contributed by atoms with Gasteiger partial charge < -0.3 is 15.4 Å². The fraction of sp³-hybridized carbons (Fsp3) is 0.588. The minimum atomic E-state index is -4.36. The van der Waals surface area contributed by atoms with Crippen molar-refractivity contribution in [3.63, 3.8) is 0 Å². The first-order chi connectivity index (χ1) is 11.3. The van der Waals surface area contributed by atoms with Gasteiger partial charge in [0.25, 0.3) is 0 Å². The Balaban J connectivity index is 1.80. The smallest absolute Gasteiger partial charge is 0.422 e. The van der Waals surface area contributed by atoms with Gasteiger partial charge in [0.15, 0.2) is 6.61 Å². The zero-order chi connectivity index (χ0) is 17.6. The van der Waals surface area contributed by atoms with Gasteiger partial charge in [0.05, 0.1) is 6.04 Å². The van der Waals surface area contributed by atoms with Crippen LogP contribution in [0.1, 0.15) is 50.6 Å². The standard InChI is InChI=1S/C17H23F3N2O2/c1-12(21-16(23)22-14-5-3-2-4-6-14)13-7-9-15(10-8-13)24-11-17(18,19)20/h7-10,12,14H,2-6,11H2,1H3,(H2,21,22,23). The predicted molar refractivity (Wildman–Crippen MR) is 84.9 cm³/mol. The van der Waals surface area contributed by atoms with Gasteiger partial charge >= 0.3 is 12.2 Å². The highest BCUT2D eigenvalue weighted by Gasteiger charge is 2.28. The summed E-state index contributed by atoms with van der Waals surface area (Å²) in [6, 6.07) is 6.01. The number of rotatable bonds is 5. The van der Waals surface area contributed by atoms with Crippen molar-refractivity contribution in [1.82, 2.24) is 10.6 Å². The topological polar surface area (TPSA) is 50.4 Å². The molecule has 2 amide bonds. The highest BCUT2D eigenvalue weighted by molar-refractivity contribution is 5.74. The van der Waals surface area contributed by atoms with E-state index in [-0.39, 0.29) is 23.9 Å². The van der Waals surface area contributed by atoms with Crippen molar-refractivity contribution in [2.75, 3.05) is 6.61 Å². The summed E-state index contributed by atoms with van der Waals surface area (Å²) in [7, 11) is 0. The molecular weight excluding hydrogens is 321 g/mol. The van der Waals surface area contributed by atoms with E-state index in [1.807, 2.05) is 6.92 Å². The van der Waals surface area contributed by atoms with Gasteiger partial charge in [-0.3, -0.25) is 0 Å². The number of amides is 2. The van der Waals surface area contributed by atoms with Crippen LogP contribution in [0.15, 0.2) is 24.3 Å². The van der Waals surface area contributed by atoms with Crippen LogP contribution in [0, 0.1) is 0 Å². The maximum atomic E-state index is 12.1. The number of ether oxygens (including phenoxy) is 1. The fourth-order valence-electron chi connectivity index (χ4n) is 2.77. The number of hydrogen-bond acceptors (Lipinski definition) is 2. The van der Waals surface area contributed by atoms with Gasteiger partial charge in [-0.05, 0) is 37.5 Å². The Morgan fingerprint density at radius 1 is 1.21 bits per heavy atom. The van der Waals surface area contributed by atoms with E-state index in [2.05, 4.69) is 15.4 Å². The molecule has 2 rings (SSSR count). The first kappa shape index (κ1) is 18.4. The van der Waals surface area contributed by atoms with E-state index in [4.69, 9.17) is 0 Å². The van der Waals surface area contributed by atoms with Crippen LogP contribution in [0.4, 0.5) is 18.0 Å². The van der Waals surface area contributed by atoms with Crippen LogP contribution in [-0.2, 0) is 0 Å². The lowest BCUT2D eigenvalue weighted by molar-refractivity contribution is -0.153. The third-order valence-corrected chi connectivity index (χ3v) is 4.07. The molecule has 134 valence electrons. The molecular formula is C17H23F3N2O2. The first-order valence-corrected chi connectivity index (χ1v) is 8.20. The zero-order valence-corrected chi connectivity index (χ0v) is 13.7. The van der Waals surface area contributed by atoms with Gasteiger partial charge in [0, 0.05) is 6.04 Å². The molecule has 1 aliphatic rings. The Hall–Kier alpha value is -1.92. The van der Waals surface area contributed by atoms with E-state index in [0.29, 0.717) is 0 Å². The van der Waals surface area contributed by atoms with Gasteiger partial charge in [-0.2, -0.15) is 13.2 Å². The second kappa shape index (κ2) is 8.26. The summed E-state index contributed by atoms with van der Waals surface area (Å²) in [5.74, 6) is 0.148. The molecule has 1 aromatic rings. The monoisotopic (exact) mass is 344 g/mol. The van der Waals surface area contributed by atoms with Crippen LogP contribution in [0.2, 0.25) is 0 Å². The molecule has 0 heterocycles. The number of halogens is 3. The van der Waals surface area contributed by atoms with Crippen molar-refractivity contribution >= 4 is 6.03 Å². The SMILES string of the molecule is CC(NC(=O)NC1CCCCC1)c1ccc(OCC(F)(F)F)cc1. The lowest BCUT2D eigenvalue weighted by atomic mass is 9.96. The third-order valence-electron chi connectivity index (χ3n) is 4.07. The molecule has 1 aromatic carbocycles. The van der Waals surface area contributed by atoms with Crippen molar-refractivity contribution < 1.29 is 22.7 Å². The van der Waals surface area contributed by atoms with Crippen molar-refractivity contribution in [2.45, 2.75) is 57.3 Å². The van der Waals surface area contributed by atoms with E-state index in [1.54, 1.807) is 12.1 Å². The van der Waals surface area contributed by atoms with Crippen molar-refractivity contribution in [1.29, 1.82) is 0 Å². The van der Waals surface area contributed by atoms with E-state index >= 15 is 0 Å². The molecule has 7 heteroatoms. The zero-order valence-electron chi connectivity index (χ0n) is 13.7. The Bertz CT molecular complexity index is 526. The summed E-state index contributed by atoms with van der Waals surface area (Å²) >= 11 is 0. The van der Waals surface area contributed by atoms with Gasteiger partial charge in [-0.25, -0.2) is 4.79 Å². The van der Waals surface area contributed by atoms with E-state index in [9.17, 15) is 18.0 Å². The molecule has 24 heavy (non-hydrogen) atoms. The average molecular weight is 344 g/mol. The lowest BCUT2D eigenvalue weighted by Gasteiger charge is -2.24. The minimum Gasteiger partial charge on any atom is -0.484 e. The fourth-order valence-corrected chi connectivity index (χ4v) is 2.77. The summed E-state index contributed by atoms with van der Waals surface area (Å²) in [4.78, 5) is 12.0. The van der Waals surface area contributed by atoms with Crippen LogP contribution in [-0.4, -0.2) is 24.9 Å². The molecule has 0 aromatic heterocycles. The summed E-state index contributed by atoms with van der Waals surface area (Å²) < 4.78 is 41.0. The number of urea groups is 1. The van der Waals surface area contributed by atoms with Gasteiger partial charge in [-0.15, -0.1) is 0 Å². The van der Waals surface area contributed by atoms with Crippen molar-refractivity contribution in [3.05, 3.63) is 29.8 Å². The van der Waals surface area contributed by atoms with Gasteiger partial charge in [-0.1, -0.05) is 31.4 Å². The predicted octanol–water partition coefficient (Wildman–Crippen LogP) is 4.32. The molecule has 0 aliphatic heterocycles. The van der Waals surface area contributed by atoms with Crippen LogP contribution in [0.25, 0.3) is 0 Å². The molecule has 0 radical (unpaired) electrons. The number of carbonyl (C=O) groups excluding carboxylic acids is 1.